The maximum atomic E-state index is 13.2. The third-order valence-corrected chi connectivity index (χ3v) is 23.7. The zero-order chi connectivity index (χ0) is 46.0. The van der Waals surface area contributed by atoms with Crippen molar-refractivity contribution in [1.29, 1.82) is 0 Å². The van der Waals surface area contributed by atoms with Gasteiger partial charge in [-0.3, -0.25) is 0 Å². The highest BCUT2D eigenvalue weighted by molar-refractivity contribution is 7.00. The summed E-state index contributed by atoms with van der Waals surface area (Å²) >= 11 is 0. The van der Waals surface area contributed by atoms with Crippen LogP contribution in [0.2, 0.25) is 10.1 Å². The first kappa shape index (κ1) is 51.8. The van der Waals surface area contributed by atoms with Crippen LogP contribution in [0.4, 0.5) is 0 Å². The van der Waals surface area contributed by atoms with Gasteiger partial charge < -0.3 is 28.5 Å². The van der Waals surface area contributed by atoms with Crippen LogP contribution >= 0.6 is 0 Å². The number of benzene rings is 4. The van der Waals surface area contributed by atoms with Crippen LogP contribution in [0.1, 0.15) is 132 Å². The molecule has 1 aliphatic rings. The normalized spacial score (nSPS) is 16.3. The number of aliphatic hydroxyl groups is 2. The smallest absolute Gasteiger partial charge is 0.261 e. The van der Waals surface area contributed by atoms with E-state index in [1.54, 1.807) is 0 Å². The minimum absolute atomic E-state index is 0.0461. The Morgan fingerprint density at radius 1 is 0.594 bits per heavy atom. The Morgan fingerprint density at radius 2 is 1.00 bits per heavy atom. The van der Waals surface area contributed by atoms with E-state index in [0.717, 1.165) is 61.7 Å². The van der Waals surface area contributed by atoms with Gasteiger partial charge in [-0.25, -0.2) is 0 Å². The standard InChI is InChI=1S/C56H82O6Si2/c1-8-9-10-14-29-40-56(59-44-45-60-56)41-30-15-12-11-13-20-31-48(46-57)55(58,47-62-64(54(5,6)7,51-36-25-18-26-37-51)52-38-27-19-28-39-52)42-43-61-63(53(2,3)4,49-32-21-16-22-33-49)50-34-23-17-24-35-50/h16-28,31-39,48,57-58H,8-15,29-30,40-47H2,1-7H3/t48-,55-/m1/s1. The molecule has 0 aliphatic carbocycles. The van der Waals surface area contributed by atoms with Crippen LogP contribution in [0.15, 0.2) is 133 Å². The maximum absolute atomic E-state index is 13.2. The molecule has 350 valence electrons. The molecule has 8 heteroatoms. The molecule has 0 aromatic heterocycles. The lowest BCUT2D eigenvalue weighted by Gasteiger charge is -2.46. The van der Waals surface area contributed by atoms with Gasteiger partial charge in [-0.15, -0.1) is 0 Å². The Hall–Kier alpha value is -3.19. The van der Waals surface area contributed by atoms with Crippen molar-refractivity contribution in [2.75, 3.05) is 33.0 Å². The lowest BCUT2D eigenvalue weighted by atomic mass is 9.85. The molecule has 0 bridgehead atoms. The zero-order valence-corrected chi connectivity index (χ0v) is 42.5. The largest absolute Gasteiger partial charge is 0.407 e. The van der Waals surface area contributed by atoms with Crippen LogP contribution in [-0.4, -0.2) is 71.3 Å². The number of unbranched alkanes of at least 4 members (excludes halogenated alkanes) is 8. The second-order valence-corrected chi connectivity index (χ2v) is 28.9. The van der Waals surface area contributed by atoms with Crippen LogP contribution < -0.4 is 20.7 Å². The number of hydrogen-bond donors (Lipinski definition) is 2. The molecule has 4 aromatic rings. The third-order valence-electron chi connectivity index (χ3n) is 13.6. The number of aliphatic hydroxyl groups excluding tert-OH is 1. The van der Waals surface area contributed by atoms with Gasteiger partial charge in [0.2, 0.25) is 0 Å². The molecule has 0 amide bonds. The summed E-state index contributed by atoms with van der Waals surface area (Å²) in [6.45, 7) is 17.4. The van der Waals surface area contributed by atoms with Gasteiger partial charge in [0.05, 0.1) is 32.0 Å². The maximum Gasteiger partial charge on any atom is 0.261 e. The van der Waals surface area contributed by atoms with E-state index < -0.39 is 28.2 Å². The fourth-order valence-electron chi connectivity index (χ4n) is 10.1. The molecular weight excluding hydrogens is 825 g/mol. The molecule has 1 fully saturated rings. The first-order chi connectivity index (χ1) is 30.8. The van der Waals surface area contributed by atoms with Gasteiger partial charge in [-0.2, -0.15) is 0 Å². The van der Waals surface area contributed by atoms with E-state index in [0.29, 0.717) is 19.8 Å². The van der Waals surface area contributed by atoms with Crippen LogP contribution in [0.3, 0.4) is 0 Å². The molecule has 0 unspecified atom stereocenters. The summed E-state index contributed by atoms with van der Waals surface area (Å²) in [5, 5.41) is 28.7. The Kier molecular flexibility index (Phi) is 19.9. The van der Waals surface area contributed by atoms with E-state index in [2.05, 4.69) is 164 Å². The first-order valence-corrected chi connectivity index (χ1v) is 28.4. The van der Waals surface area contributed by atoms with Gasteiger partial charge >= 0.3 is 0 Å². The van der Waals surface area contributed by atoms with Crippen LogP contribution in [0.25, 0.3) is 0 Å². The highest BCUT2D eigenvalue weighted by Crippen LogP contribution is 2.40. The molecule has 1 saturated heterocycles. The summed E-state index contributed by atoms with van der Waals surface area (Å²) in [5.41, 5.74) is -1.43. The van der Waals surface area contributed by atoms with Crippen molar-refractivity contribution in [2.24, 2.45) is 5.92 Å². The average molecular weight is 907 g/mol. The molecule has 64 heavy (non-hydrogen) atoms. The van der Waals surface area contributed by atoms with Crippen molar-refractivity contribution in [1.82, 2.24) is 0 Å². The average Bonchev–Trinajstić information content (AvgIpc) is 3.76. The summed E-state index contributed by atoms with van der Waals surface area (Å²) in [4.78, 5) is 0. The lowest BCUT2D eigenvalue weighted by Crippen LogP contribution is -2.68. The predicted octanol–water partition coefficient (Wildman–Crippen LogP) is 10.9. The summed E-state index contributed by atoms with van der Waals surface area (Å²) in [6.07, 6.45) is 17.9. The van der Waals surface area contributed by atoms with E-state index >= 15 is 0 Å². The monoisotopic (exact) mass is 907 g/mol. The molecule has 5 rings (SSSR count). The van der Waals surface area contributed by atoms with Gasteiger partial charge in [0.1, 0.15) is 0 Å². The van der Waals surface area contributed by atoms with Crippen molar-refractivity contribution >= 4 is 37.4 Å². The van der Waals surface area contributed by atoms with E-state index in [1.165, 1.54) is 36.1 Å². The minimum Gasteiger partial charge on any atom is -0.407 e. The quantitative estimate of drug-likeness (QED) is 0.0353. The number of ether oxygens (including phenoxy) is 2. The minimum atomic E-state index is -3.03. The van der Waals surface area contributed by atoms with Crippen molar-refractivity contribution in [3.05, 3.63) is 133 Å². The Bertz CT molecular complexity index is 1830. The van der Waals surface area contributed by atoms with Gasteiger partial charge in [0, 0.05) is 31.8 Å². The molecule has 2 N–H and O–H groups in total. The molecular formula is C56H82O6Si2. The zero-order valence-electron chi connectivity index (χ0n) is 40.5. The third kappa shape index (κ3) is 13.0. The van der Waals surface area contributed by atoms with E-state index in [9.17, 15) is 10.2 Å². The number of allylic oxidation sites excluding steroid dienone is 1. The summed E-state index contributed by atoms with van der Waals surface area (Å²) in [5.74, 6) is -0.954. The molecule has 1 aliphatic heterocycles. The summed E-state index contributed by atoms with van der Waals surface area (Å²) < 4.78 is 27.2. The molecule has 0 saturated carbocycles. The summed E-state index contributed by atoms with van der Waals surface area (Å²) in [6, 6.07) is 42.5. The summed E-state index contributed by atoms with van der Waals surface area (Å²) in [7, 11) is -5.93. The van der Waals surface area contributed by atoms with E-state index in [-0.39, 0.29) is 35.5 Å². The molecule has 0 spiro atoms. The second kappa shape index (κ2) is 24.5. The van der Waals surface area contributed by atoms with Gasteiger partial charge in [-0.1, -0.05) is 220 Å². The molecule has 2 atom stereocenters. The second-order valence-electron chi connectivity index (χ2n) is 20.3. The molecule has 4 aromatic carbocycles. The molecule has 1 heterocycles. The fourth-order valence-corrected chi connectivity index (χ4v) is 19.3. The van der Waals surface area contributed by atoms with Crippen molar-refractivity contribution in [3.8, 4) is 0 Å². The SMILES string of the molecule is CCCCCCCC1(CCCCCCC=C[C@H](CO)[C@@](O)(CCO[Si](c2ccccc2)(c2ccccc2)C(C)(C)C)CO[Si](c2ccccc2)(c2ccccc2)C(C)(C)C)OCCO1. The topological polar surface area (TPSA) is 77.4 Å². The molecule has 6 nitrogen and oxygen atoms in total. The highest BCUT2D eigenvalue weighted by Gasteiger charge is 2.53. The Morgan fingerprint density at radius 3 is 1.41 bits per heavy atom. The van der Waals surface area contributed by atoms with Crippen molar-refractivity contribution < 1.29 is 28.5 Å². The van der Waals surface area contributed by atoms with Gasteiger partial charge in [-0.05, 0) is 56.5 Å². The van der Waals surface area contributed by atoms with E-state index in [4.69, 9.17) is 18.3 Å². The van der Waals surface area contributed by atoms with Crippen LogP contribution in [0.5, 0.6) is 0 Å². The number of hydrogen-bond acceptors (Lipinski definition) is 6. The first-order valence-electron chi connectivity index (χ1n) is 24.5. The Labute approximate surface area is 390 Å². The molecule has 0 radical (unpaired) electrons. The van der Waals surface area contributed by atoms with Gasteiger partial charge in [0.25, 0.3) is 16.6 Å². The predicted molar refractivity (Wildman–Crippen MR) is 272 cm³/mol. The van der Waals surface area contributed by atoms with Gasteiger partial charge in [0.15, 0.2) is 5.79 Å². The van der Waals surface area contributed by atoms with Crippen molar-refractivity contribution in [2.45, 2.75) is 153 Å². The Balaban J connectivity index is 1.37. The van der Waals surface area contributed by atoms with E-state index in [1.807, 2.05) is 18.2 Å². The number of rotatable bonds is 27. The van der Waals surface area contributed by atoms with Crippen molar-refractivity contribution in [3.63, 3.8) is 0 Å². The fraction of sp³-hybridized carbons (Fsp3) is 0.536. The highest BCUT2D eigenvalue weighted by atomic mass is 28.4. The van der Waals surface area contributed by atoms with Crippen LogP contribution in [0, 0.1) is 5.92 Å². The lowest BCUT2D eigenvalue weighted by molar-refractivity contribution is -0.168. The van der Waals surface area contributed by atoms with Crippen LogP contribution in [-0.2, 0) is 18.3 Å².